The SMILES string of the molecule is CCOc1ccc2c3c(cccc13)SC2=NNC(=O)CC#N. The lowest BCUT2D eigenvalue weighted by molar-refractivity contribution is -0.120. The molecule has 3 rings (SSSR count). The van der Waals surface area contributed by atoms with E-state index in [4.69, 9.17) is 10.00 Å². The molecular formula is C16H13N3O2S. The van der Waals surface area contributed by atoms with Crippen LogP contribution in [0.15, 0.2) is 40.3 Å². The first-order valence-electron chi connectivity index (χ1n) is 6.84. The van der Waals surface area contributed by atoms with Crippen molar-refractivity contribution in [3.63, 3.8) is 0 Å². The number of hydrazone groups is 1. The van der Waals surface area contributed by atoms with E-state index in [1.165, 1.54) is 11.8 Å². The number of amides is 1. The second-order valence-corrected chi connectivity index (χ2v) is 5.64. The zero-order chi connectivity index (χ0) is 15.5. The first kappa shape index (κ1) is 14.4. The average Bonchev–Trinajstić information content (AvgIpc) is 2.88. The van der Waals surface area contributed by atoms with Crippen molar-refractivity contribution in [2.75, 3.05) is 6.61 Å². The van der Waals surface area contributed by atoms with Gasteiger partial charge in [-0.3, -0.25) is 4.79 Å². The van der Waals surface area contributed by atoms with Crippen LogP contribution in [-0.4, -0.2) is 17.6 Å². The molecule has 0 aliphatic carbocycles. The van der Waals surface area contributed by atoms with Gasteiger partial charge in [-0.05, 0) is 25.1 Å². The van der Waals surface area contributed by atoms with Crippen molar-refractivity contribution < 1.29 is 9.53 Å². The van der Waals surface area contributed by atoms with E-state index in [1.807, 2.05) is 37.3 Å². The molecule has 1 aliphatic heterocycles. The largest absolute Gasteiger partial charge is 0.493 e. The molecule has 0 fully saturated rings. The van der Waals surface area contributed by atoms with Crippen LogP contribution in [0.25, 0.3) is 10.8 Å². The monoisotopic (exact) mass is 311 g/mol. The maximum atomic E-state index is 11.4. The molecule has 1 amide bonds. The Labute approximate surface area is 132 Å². The average molecular weight is 311 g/mol. The van der Waals surface area contributed by atoms with Gasteiger partial charge in [0, 0.05) is 21.2 Å². The van der Waals surface area contributed by atoms with Gasteiger partial charge in [0.25, 0.3) is 5.91 Å². The van der Waals surface area contributed by atoms with E-state index in [0.717, 1.165) is 32.0 Å². The molecule has 1 aliphatic rings. The molecule has 0 radical (unpaired) electrons. The van der Waals surface area contributed by atoms with Gasteiger partial charge >= 0.3 is 0 Å². The van der Waals surface area contributed by atoms with E-state index in [9.17, 15) is 4.79 Å². The van der Waals surface area contributed by atoms with Crippen molar-refractivity contribution in [2.24, 2.45) is 5.10 Å². The zero-order valence-electron chi connectivity index (χ0n) is 11.9. The molecule has 110 valence electrons. The minimum absolute atomic E-state index is 0.201. The molecule has 1 N–H and O–H groups in total. The summed E-state index contributed by atoms with van der Waals surface area (Å²) in [5.74, 6) is 0.437. The summed E-state index contributed by atoms with van der Waals surface area (Å²) in [7, 11) is 0. The smallest absolute Gasteiger partial charge is 0.254 e. The van der Waals surface area contributed by atoms with E-state index >= 15 is 0 Å². The molecule has 0 saturated heterocycles. The molecule has 0 spiro atoms. The summed E-state index contributed by atoms with van der Waals surface area (Å²) in [6, 6.07) is 11.7. The molecule has 0 unspecified atom stereocenters. The highest BCUT2D eigenvalue weighted by atomic mass is 32.2. The Balaban J connectivity index is 2.01. The third kappa shape index (κ3) is 2.51. The van der Waals surface area contributed by atoms with Crippen LogP contribution in [0.2, 0.25) is 0 Å². The minimum atomic E-state index is -0.409. The van der Waals surface area contributed by atoms with Crippen molar-refractivity contribution >= 4 is 33.5 Å². The highest BCUT2D eigenvalue weighted by Crippen LogP contribution is 2.43. The summed E-state index contributed by atoms with van der Waals surface area (Å²) >= 11 is 1.50. The highest BCUT2D eigenvalue weighted by Gasteiger charge is 2.23. The summed E-state index contributed by atoms with van der Waals surface area (Å²) in [5.41, 5.74) is 3.39. The Morgan fingerprint density at radius 3 is 3.05 bits per heavy atom. The molecule has 1 heterocycles. The summed E-state index contributed by atoms with van der Waals surface area (Å²) in [6.07, 6.45) is -0.201. The first-order valence-corrected chi connectivity index (χ1v) is 7.66. The van der Waals surface area contributed by atoms with Crippen LogP contribution in [0.5, 0.6) is 5.75 Å². The number of nitrogens with zero attached hydrogens (tertiary/aromatic N) is 2. The van der Waals surface area contributed by atoms with Gasteiger partial charge in [0.2, 0.25) is 0 Å². The Morgan fingerprint density at radius 1 is 1.41 bits per heavy atom. The number of carbonyl (C=O) groups excluding carboxylic acids is 1. The van der Waals surface area contributed by atoms with E-state index in [2.05, 4.69) is 10.5 Å². The van der Waals surface area contributed by atoms with Crippen molar-refractivity contribution in [1.29, 1.82) is 5.26 Å². The predicted molar refractivity (Wildman–Crippen MR) is 85.9 cm³/mol. The molecule has 0 aromatic heterocycles. The Morgan fingerprint density at radius 2 is 2.27 bits per heavy atom. The van der Waals surface area contributed by atoms with E-state index in [-0.39, 0.29) is 6.42 Å². The van der Waals surface area contributed by atoms with Crippen LogP contribution in [0, 0.1) is 11.3 Å². The van der Waals surface area contributed by atoms with Crippen molar-refractivity contribution in [1.82, 2.24) is 5.43 Å². The van der Waals surface area contributed by atoms with Crippen molar-refractivity contribution in [3.05, 3.63) is 35.9 Å². The van der Waals surface area contributed by atoms with Gasteiger partial charge in [0.05, 0.1) is 12.7 Å². The van der Waals surface area contributed by atoms with Crippen LogP contribution in [0.4, 0.5) is 0 Å². The fourth-order valence-electron chi connectivity index (χ4n) is 2.36. The van der Waals surface area contributed by atoms with Crippen LogP contribution in [0.1, 0.15) is 18.9 Å². The molecule has 2 aromatic rings. The van der Waals surface area contributed by atoms with Gasteiger partial charge in [0.15, 0.2) is 0 Å². The lowest BCUT2D eigenvalue weighted by Crippen LogP contribution is -2.17. The minimum Gasteiger partial charge on any atom is -0.493 e. The number of thioether (sulfide) groups is 1. The number of rotatable bonds is 4. The van der Waals surface area contributed by atoms with Crippen LogP contribution in [-0.2, 0) is 4.79 Å². The molecule has 2 aromatic carbocycles. The predicted octanol–water partition coefficient (Wildman–Crippen LogP) is 3.04. The molecule has 0 atom stereocenters. The maximum Gasteiger partial charge on any atom is 0.254 e. The first-order chi connectivity index (χ1) is 10.7. The van der Waals surface area contributed by atoms with Gasteiger partial charge in [-0.2, -0.15) is 10.4 Å². The number of nitriles is 1. The molecule has 6 heteroatoms. The molecule has 0 saturated carbocycles. The number of nitrogens with one attached hydrogen (secondary N) is 1. The second kappa shape index (κ2) is 6.08. The third-order valence-corrected chi connectivity index (χ3v) is 4.29. The Hall–Kier alpha value is -2.52. The number of hydrogen-bond donors (Lipinski definition) is 1. The molecule has 22 heavy (non-hydrogen) atoms. The second-order valence-electron chi connectivity index (χ2n) is 4.61. The standard InChI is InChI=1S/C16H13N3O2S/c1-2-21-12-7-6-11-15-10(12)4-3-5-13(15)22-16(11)19-18-14(20)8-9-17/h3-7H,2,8H2,1H3,(H,18,20). The van der Waals surface area contributed by atoms with Gasteiger partial charge in [-0.25, -0.2) is 5.43 Å². The van der Waals surface area contributed by atoms with Gasteiger partial charge < -0.3 is 4.74 Å². The van der Waals surface area contributed by atoms with Crippen molar-refractivity contribution in [3.8, 4) is 11.8 Å². The van der Waals surface area contributed by atoms with E-state index in [0.29, 0.717) is 6.61 Å². The van der Waals surface area contributed by atoms with Gasteiger partial charge in [0.1, 0.15) is 17.2 Å². The van der Waals surface area contributed by atoms with Crippen LogP contribution >= 0.6 is 11.8 Å². The lowest BCUT2D eigenvalue weighted by atomic mass is 10.0. The third-order valence-electron chi connectivity index (χ3n) is 3.22. The van der Waals surface area contributed by atoms with Crippen LogP contribution < -0.4 is 10.2 Å². The summed E-state index contributed by atoms with van der Waals surface area (Å²) in [4.78, 5) is 12.5. The Bertz CT molecular complexity index is 824. The topological polar surface area (TPSA) is 74.5 Å². The number of carbonyl (C=O) groups is 1. The fraction of sp³-hybridized carbons (Fsp3) is 0.188. The summed E-state index contributed by atoms with van der Waals surface area (Å²) in [6.45, 7) is 2.56. The van der Waals surface area contributed by atoms with E-state index < -0.39 is 5.91 Å². The maximum absolute atomic E-state index is 11.4. The molecular weight excluding hydrogens is 298 g/mol. The van der Waals surface area contributed by atoms with Crippen molar-refractivity contribution in [2.45, 2.75) is 18.2 Å². The lowest BCUT2D eigenvalue weighted by Gasteiger charge is -2.08. The number of hydrogen-bond acceptors (Lipinski definition) is 5. The van der Waals surface area contributed by atoms with Gasteiger partial charge in [-0.1, -0.05) is 23.9 Å². The van der Waals surface area contributed by atoms with Gasteiger partial charge in [-0.15, -0.1) is 0 Å². The molecule has 0 bridgehead atoms. The van der Waals surface area contributed by atoms with Crippen LogP contribution in [0.3, 0.4) is 0 Å². The fourth-order valence-corrected chi connectivity index (χ4v) is 3.41. The quantitative estimate of drug-likeness (QED) is 0.881. The van der Waals surface area contributed by atoms with E-state index in [1.54, 1.807) is 6.07 Å². The molecule has 5 nitrogen and oxygen atoms in total. The zero-order valence-corrected chi connectivity index (χ0v) is 12.7. The summed E-state index contributed by atoms with van der Waals surface area (Å²) in [5, 5.41) is 15.5. The number of benzene rings is 2. The summed E-state index contributed by atoms with van der Waals surface area (Å²) < 4.78 is 5.67. The highest BCUT2D eigenvalue weighted by molar-refractivity contribution is 8.15. The number of ether oxygens (including phenoxy) is 1. The normalized spacial score (nSPS) is 14.1. The Kier molecular flexibility index (Phi) is 3.98.